The highest BCUT2D eigenvalue weighted by Gasteiger charge is 2.26. The van der Waals surface area contributed by atoms with E-state index in [-0.39, 0.29) is 4.90 Å². The first kappa shape index (κ1) is 13.5. The summed E-state index contributed by atoms with van der Waals surface area (Å²) in [4.78, 5) is 0.253. The number of rotatable bonds is 6. The first-order chi connectivity index (χ1) is 8.47. The van der Waals surface area contributed by atoms with Gasteiger partial charge in [-0.1, -0.05) is 26.7 Å². The second-order valence-electron chi connectivity index (χ2n) is 4.93. The fourth-order valence-electron chi connectivity index (χ4n) is 2.33. The fraction of sp³-hybridized carbons (Fsp3) is 0.750. The molecule has 18 heavy (non-hydrogen) atoms. The normalized spacial score (nSPS) is 16.2. The Bertz CT molecular complexity index is 530. The third kappa shape index (κ3) is 2.75. The van der Waals surface area contributed by atoms with Gasteiger partial charge in [0.2, 0.25) is 10.0 Å². The van der Waals surface area contributed by atoms with Crippen LogP contribution in [0.4, 0.5) is 0 Å². The number of aromatic nitrogens is 2. The fourth-order valence-corrected chi connectivity index (χ4v) is 3.43. The Balaban J connectivity index is 2.36. The van der Waals surface area contributed by atoms with E-state index in [1.165, 1.54) is 12.8 Å². The molecule has 1 aliphatic rings. The average Bonchev–Trinajstić information content (AvgIpc) is 3.04. The van der Waals surface area contributed by atoms with E-state index in [0.29, 0.717) is 18.5 Å². The third-order valence-corrected chi connectivity index (χ3v) is 4.52. The van der Waals surface area contributed by atoms with Crippen LogP contribution in [0.15, 0.2) is 4.90 Å². The van der Waals surface area contributed by atoms with Crippen molar-refractivity contribution in [3.05, 3.63) is 11.4 Å². The molecular formula is C12H21N3O2S. The molecule has 1 fully saturated rings. The highest BCUT2D eigenvalue weighted by molar-refractivity contribution is 7.89. The molecule has 102 valence electrons. The Morgan fingerprint density at radius 1 is 1.33 bits per heavy atom. The van der Waals surface area contributed by atoms with Gasteiger partial charge in [-0.3, -0.25) is 4.68 Å². The zero-order valence-corrected chi connectivity index (χ0v) is 11.8. The van der Waals surface area contributed by atoms with Gasteiger partial charge in [0.1, 0.15) is 4.90 Å². The van der Waals surface area contributed by atoms with Crippen LogP contribution < -0.4 is 5.14 Å². The van der Waals surface area contributed by atoms with Gasteiger partial charge in [0.15, 0.2) is 0 Å². The molecule has 2 rings (SSSR count). The van der Waals surface area contributed by atoms with Crippen molar-refractivity contribution < 1.29 is 8.42 Å². The lowest BCUT2D eigenvalue weighted by Crippen LogP contribution is -2.16. The summed E-state index contributed by atoms with van der Waals surface area (Å²) in [5.41, 5.74) is 1.36. The molecule has 0 aromatic carbocycles. The maximum Gasteiger partial charge on any atom is 0.241 e. The molecular weight excluding hydrogens is 250 g/mol. The molecule has 0 bridgehead atoms. The van der Waals surface area contributed by atoms with Gasteiger partial charge in [0.25, 0.3) is 0 Å². The van der Waals surface area contributed by atoms with Crippen molar-refractivity contribution in [1.82, 2.24) is 9.78 Å². The Hall–Kier alpha value is -0.880. The zero-order valence-electron chi connectivity index (χ0n) is 11.0. The third-order valence-electron chi connectivity index (χ3n) is 3.48. The van der Waals surface area contributed by atoms with Gasteiger partial charge in [-0.05, 0) is 25.2 Å². The van der Waals surface area contributed by atoms with Crippen molar-refractivity contribution in [3.63, 3.8) is 0 Å². The van der Waals surface area contributed by atoms with Gasteiger partial charge in [-0.25, -0.2) is 13.6 Å². The molecule has 0 unspecified atom stereocenters. The molecule has 1 saturated carbocycles. The Kier molecular flexibility index (Phi) is 3.77. The number of hydrogen-bond acceptors (Lipinski definition) is 3. The van der Waals surface area contributed by atoms with Gasteiger partial charge in [0, 0.05) is 6.54 Å². The molecule has 0 amide bonds. The standard InChI is InChI=1S/C12H21N3O2S/c1-3-10-12(18(13,16)17)11(4-2)15(14-10)8-7-9-5-6-9/h9H,3-8H2,1-2H3,(H2,13,16,17). The van der Waals surface area contributed by atoms with Crippen molar-refractivity contribution in [3.8, 4) is 0 Å². The van der Waals surface area contributed by atoms with E-state index in [1.54, 1.807) is 0 Å². The Labute approximate surface area is 108 Å². The quantitative estimate of drug-likeness (QED) is 0.850. The first-order valence-corrected chi connectivity index (χ1v) is 8.13. The molecule has 0 spiro atoms. The monoisotopic (exact) mass is 271 g/mol. The minimum absolute atomic E-state index is 0.253. The molecule has 6 heteroatoms. The summed E-state index contributed by atoms with van der Waals surface area (Å²) in [5.74, 6) is 0.807. The SMILES string of the molecule is CCc1nn(CCC2CC2)c(CC)c1S(N)(=O)=O. The molecule has 2 N–H and O–H groups in total. The Morgan fingerprint density at radius 2 is 2.00 bits per heavy atom. The summed E-state index contributed by atoms with van der Waals surface area (Å²) in [6, 6.07) is 0. The van der Waals surface area contributed by atoms with Crippen molar-refractivity contribution in [2.24, 2.45) is 11.1 Å². The predicted molar refractivity (Wildman–Crippen MR) is 69.7 cm³/mol. The van der Waals surface area contributed by atoms with Crippen LogP contribution in [0.3, 0.4) is 0 Å². The molecule has 0 saturated heterocycles. The van der Waals surface area contributed by atoms with Gasteiger partial charge < -0.3 is 0 Å². The van der Waals surface area contributed by atoms with Crippen LogP contribution in [0.2, 0.25) is 0 Å². The van der Waals surface area contributed by atoms with Crippen molar-refractivity contribution in [1.29, 1.82) is 0 Å². The summed E-state index contributed by atoms with van der Waals surface area (Å²) in [6.45, 7) is 4.65. The Morgan fingerprint density at radius 3 is 2.44 bits per heavy atom. The van der Waals surface area contributed by atoms with Crippen LogP contribution in [-0.4, -0.2) is 18.2 Å². The zero-order chi connectivity index (χ0) is 13.3. The number of primary sulfonamides is 1. The van der Waals surface area contributed by atoms with Gasteiger partial charge in [-0.2, -0.15) is 5.10 Å². The number of hydrogen-bond donors (Lipinski definition) is 1. The topological polar surface area (TPSA) is 78.0 Å². The maximum atomic E-state index is 11.7. The number of aryl methyl sites for hydroxylation is 2. The maximum absolute atomic E-state index is 11.7. The number of nitrogens with two attached hydrogens (primary N) is 1. The minimum atomic E-state index is -3.67. The van der Waals surface area contributed by atoms with Crippen LogP contribution in [0.25, 0.3) is 0 Å². The first-order valence-electron chi connectivity index (χ1n) is 6.58. The molecule has 0 aliphatic heterocycles. The second kappa shape index (κ2) is 5.01. The molecule has 1 aliphatic carbocycles. The lowest BCUT2D eigenvalue weighted by Gasteiger charge is -2.06. The van der Waals surface area contributed by atoms with E-state index in [9.17, 15) is 8.42 Å². The highest BCUT2D eigenvalue weighted by Crippen LogP contribution is 2.33. The highest BCUT2D eigenvalue weighted by atomic mass is 32.2. The molecule has 0 radical (unpaired) electrons. The van der Waals surface area contributed by atoms with Crippen LogP contribution in [0, 0.1) is 5.92 Å². The molecule has 1 heterocycles. The van der Waals surface area contributed by atoms with Gasteiger partial charge in [0.05, 0.1) is 11.4 Å². The lowest BCUT2D eigenvalue weighted by molar-refractivity contribution is 0.523. The summed E-state index contributed by atoms with van der Waals surface area (Å²) in [7, 11) is -3.67. The minimum Gasteiger partial charge on any atom is -0.268 e. The summed E-state index contributed by atoms with van der Waals surface area (Å²) >= 11 is 0. The van der Waals surface area contributed by atoms with Crippen molar-refractivity contribution in [2.75, 3.05) is 0 Å². The summed E-state index contributed by atoms with van der Waals surface area (Å²) < 4.78 is 25.2. The summed E-state index contributed by atoms with van der Waals surface area (Å²) in [6.07, 6.45) is 4.91. The number of nitrogens with zero attached hydrogens (tertiary/aromatic N) is 2. The largest absolute Gasteiger partial charge is 0.268 e. The molecule has 1 aromatic rings. The predicted octanol–water partition coefficient (Wildman–Crippen LogP) is 1.46. The van der Waals surface area contributed by atoms with Crippen molar-refractivity contribution in [2.45, 2.75) is 57.4 Å². The second-order valence-corrected chi connectivity index (χ2v) is 6.43. The van der Waals surface area contributed by atoms with Crippen molar-refractivity contribution >= 4 is 10.0 Å². The van der Waals surface area contributed by atoms with E-state index in [4.69, 9.17) is 5.14 Å². The van der Waals surface area contributed by atoms with E-state index < -0.39 is 10.0 Å². The average molecular weight is 271 g/mol. The lowest BCUT2D eigenvalue weighted by atomic mass is 10.2. The van der Waals surface area contributed by atoms with Crippen LogP contribution in [0.5, 0.6) is 0 Å². The molecule has 5 nitrogen and oxygen atoms in total. The van der Waals surface area contributed by atoms with E-state index in [1.807, 2.05) is 18.5 Å². The number of sulfonamides is 1. The summed E-state index contributed by atoms with van der Waals surface area (Å²) in [5, 5.41) is 9.73. The van der Waals surface area contributed by atoms with E-state index in [2.05, 4.69) is 5.10 Å². The van der Waals surface area contributed by atoms with E-state index >= 15 is 0 Å². The van der Waals surface area contributed by atoms with Crippen LogP contribution >= 0.6 is 0 Å². The van der Waals surface area contributed by atoms with Crippen LogP contribution in [0.1, 0.15) is 44.5 Å². The smallest absolute Gasteiger partial charge is 0.241 e. The van der Waals surface area contributed by atoms with Gasteiger partial charge in [-0.15, -0.1) is 0 Å². The van der Waals surface area contributed by atoms with Gasteiger partial charge >= 0.3 is 0 Å². The van der Waals surface area contributed by atoms with Crippen LogP contribution in [-0.2, 0) is 29.4 Å². The molecule has 1 aromatic heterocycles. The molecule has 0 atom stereocenters. The van der Waals surface area contributed by atoms with E-state index in [0.717, 1.165) is 24.6 Å².